The molecular weight excluding hydrogens is 580 g/mol. The molecule has 0 saturated heterocycles. The van der Waals surface area contributed by atoms with Crippen molar-refractivity contribution in [1.29, 1.82) is 0 Å². The molecule has 0 bridgehead atoms. The van der Waals surface area contributed by atoms with Crippen LogP contribution in [-0.2, 0) is 32.9 Å². The van der Waals surface area contributed by atoms with Crippen molar-refractivity contribution < 1.29 is 35.8 Å². The number of methoxy groups -OCH3 is 2. The predicted octanol–water partition coefficient (Wildman–Crippen LogP) is 4.32. The molecule has 0 radical (unpaired) electrons. The fourth-order valence-corrected chi connectivity index (χ4v) is 6.57. The van der Waals surface area contributed by atoms with E-state index in [0.29, 0.717) is 37.6 Å². The minimum Gasteiger partial charge on any atom is -0.495 e. The zero-order chi connectivity index (χ0) is 30.6. The van der Waals surface area contributed by atoms with Gasteiger partial charge < -0.3 is 18.9 Å². The Hall–Kier alpha value is -3.32. The lowest BCUT2D eigenvalue weighted by Gasteiger charge is -2.16. The van der Waals surface area contributed by atoms with E-state index in [1.165, 1.54) is 31.4 Å². The predicted molar refractivity (Wildman–Crippen MR) is 162 cm³/mol. The van der Waals surface area contributed by atoms with E-state index in [1.54, 1.807) is 0 Å². The highest BCUT2D eigenvalue weighted by Crippen LogP contribution is 2.34. The smallest absolute Gasteiger partial charge is 0.244 e. The lowest BCUT2D eigenvalue weighted by atomic mass is 10.2. The first kappa shape index (κ1) is 33.2. The van der Waals surface area contributed by atoms with Gasteiger partial charge in [-0.05, 0) is 67.1 Å². The minimum absolute atomic E-state index is 0.0481. The molecule has 3 rings (SSSR count). The maximum absolute atomic E-state index is 13.2. The van der Waals surface area contributed by atoms with Crippen LogP contribution in [0.2, 0.25) is 0 Å². The maximum Gasteiger partial charge on any atom is 0.244 e. The zero-order valence-corrected chi connectivity index (χ0v) is 26.1. The summed E-state index contributed by atoms with van der Waals surface area (Å²) in [6, 6.07) is 17.7. The van der Waals surface area contributed by atoms with Crippen molar-refractivity contribution in [3.05, 3.63) is 71.8 Å². The second-order valence-corrected chi connectivity index (χ2v) is 12.8. The third-order valence-electron chi connectivity index (χ3n) is 6.46. The van der Waals surface area contributed by atoms with Crippen molar-refractivity contribution in [1.82, 2.24) is 9.44 Å². The van der Waals surface area contributed by atoms with Gasteiger partial charge in [0.15, 0.2) is 0 Å². The molecule has 0 atom stereocenters. The molecule has 10 nitrogen and oxygen atoms in total. The van der Waals surface area contributed by atoms with Crippen LogP contribution in [0.5, 0.6) is 23.0 Å². The summed E-state index contributed by atoms with van der Waals surface area (Å²) in [4.78, 5) is -0.637. The normalized spacial score (nSPS) is 11.7. The molecule has 3 aromatic carbocycles. The van der Waals surface area contributed by atoms with Crippen LogP contribution < -0.4 is 28.4 Å². The van der Waals surface area contributed by atoms with Gasteiger partial charge in [-0.15, -0.1) is 0 Å². The molecule has 0 aliphatic rings. The standard InChI is InChI=1S/C30H40N2O8S2/c1-5-23-9-13-25(14-10-23)39-19-7-17-31-41(33,34)29-22-30(28(38-4)21-27(29)37-3)42(35,36)32-18-8-20-40-26-15-11-24(6-2)12-16-26/h9-16,21-22,31-32H,5-8,17-20H2,1-4H3. The van der Waals surface area contributed by atoms with Crippen molar-refractivity contribution in [3.8, 4) is 23.0 Å². The van der Waals surface area contributed by atoms with Gasteiger partial charge in [0, 0.05) is 19.2 Å². The van der Waals surface area contributed by atoms with Crippen LogP contribution in [0.3, 0.4) is 0 Å². The first-order valence-electron chi connectivity index (χ1n) is 13.8. The van der Waals surface area contributed by atoms with Gasteiger partial charge in [0.2, 0.25) is 20.0 Å². The summed E-state index contributed by atoms with van der Waals surface area (Å²) in [6.07, 6.45) is 2.65. The molecule has 0 spiro atoms. The highest BCUT2D eigenvalue weighted by molar-refractivity contribution is 7.90. The van der Waals surface area contributed by atoms with Gasteiger partial charge in [0.25, 0.3) is 0 Å². The molecule has 2 N–H and O–H groups in total. The monoisotopic (exact) mass is 620 g/mol. The first-order chi connectivity index (χ1) is 20.1. The van der Waals surface area contributed by atoms with Gasteiger partial charge in [-0.1, -0.05) is 38.1 Å². The molecule has 0 fully saturated rings. The maximum atomic E-state index is 13.2. The lowest BCUT2D eigenvalue weighted by Crippen LogP contribution is -2.28. The molecule has 0 amide bonds. The Morgan fingerprint density at radius 3 is 1.31 bits per heavy atom. The highest BCUT2D eigenvalue weighted by Gasteiger charge is 2.27. The number of ether oxygens (including phenoxy) is 4. The number of hydrogen-bond acceptors (Lipinski definition) is 8. The van der Waals surface area contributed by atoms with E-state index in [1.807, 2.05) is 48.5 Å². The fraction of sp³-hybridized carbons (Fsp3) is 0.400. The second-order valence-electron chi connectivity index (χ2n) is 9.35. The Bertz CT molecular complexity index is 1380. The Balaban J connectivity index is 1.61. The number of rotatable bonds is 18. The lowest BCUT2D eigenvalue weighted by molar-refractivity contribution is 0.311. The van der Waals surface area contributed by atoms with Crippen molar-refractivity contribution in [2.75, 3.05) is 40.5 Å². The Morgan fingerprint density at radius 1 is 0.595 bits per heavy atom. The van der Waals surface area contributed by atoms with Gasteiger partial charge in [0.1, 0.15) is 32.8 Å². The van der Waals surface area contributed by atoms with E-state index in [-0.39, 0.29) is 34.4 Å². The average molecular weight is 621 g/mol. The number of sulfonamides is 2. The zero-order valence-electron chi connectivity index (χ0n) is 24.5. The summed E-state index contributed by atoms with van der Waals surface area (Å²) >= 11 is 0. The molecule has 0 saturated carbocycles. The average Bonchev–Trinajstić information content (AvgIpc) is 3.00. The van der Waals surface area contributed by atoms with Crippen LogP contribution in [0.15, 0.2) is 70.5 Å². The summed E-state index contributed by atoms with van der Waals surface area (Å²) in [5.74, 6) is 1.30. The van der Waals surface area contributed by atoms with E-state index in [2.05, 4.69) is 23.3 Å². The molecule has 42 heavy (non-hydrogen) atoms. The van der Waals surface area contributed by atoms with Gasteiger partial charge in [-0.2, -0.15) is 0 Å². The van der Waals surface area contributed by atoms with E-state index in [4.69, 9.17) is 18.9 Å². The van der Waals surface area contributed by atoms with Crippen LogP contribution in [0.25, 0.3) is 0 Å². The van der Waals surface area contributed by atoms with E-state index < -0.39 is 20.0 Å². The molecule has 0 unspecified atom stereocenters. The third-order valence-corrected chi connectivity index (χ3v) is 9.42. The van der Waals surface area contributed by atoms with Crippen LogP contribution in [-0.4, -0.2) is 57.4 Å². The second kappa shape index (κ2) is 15.8. The SMILES string of the molecule is CCc1ccc(OCCCNS(=O)(=O)c2cc(S(=O)(=O)NCCCOc3ccc(CC)cc3)c(OC)cc2OC)cc1. The van der Waals surface area contributed by atoms with E-state index in [0.717, 1.165) is 18.9 Å². The van der Waals surface area contributed by atoms with Gasteiger partial charge in [-0.25, -0.2) is 26.3 Å². The molecule has 0 aliphatic heterocycles. The van der Waals surface area contributed by atoms with Gasteiger partial charge >= 0.3 is 0 Å². The molecule has 3 aromatic rings. The summed E-state index contributed by atoms with van der Waals surface area (Å²) < 4.78 is 79.5. The molecule has 12 heteroatoms. The van der Waals surface area contributed by atoms with E-state index >= 15 is 0 Å². The van der Waals surface area contributed by atoms with Crippen molar-refractivity contribution in [2.45, 2.75) is 49.3 Å². The summed E-state index contributed by atoms with van der Waals surface area (Å²) in [5, 5.41) is 0. The number of nitrogens with one attached hydrogen (secondary N) is 2. The quantitative estimate of drug-likeness (QED) is 0.201. The third kappa shape index (κ3) is 9.35. The van der Waals surface area contributed by atoms with Crippen LogP contribution in [0.1, 0.15) is 37.8 Å². The Kier molecular flexibility index (Phi) is 12.5. The number of aryl methyl sites for hydroxylation is 2. The summed E-state index contributed by atoms with van der Waals surface area (Å²) in [7, 11) is -5.66. The molecule has 0 aromatic heterocycles. The molecule has 0 heterocycles. The minimum atomic E-state index is -4.13. The first-order valence-corrected chi connectivity index (χ1v) is 16.8. The Morgan fingerprint density at radius 2 is 0.976 bits per heavy atom. The molecule has 230 valence electrons. The van der Waals surface area contributed by atoms with Crippen molar-refractivity contribution >= 4 is 20.0 Å². The van der Waals surface area contributed by atoms with Gasteiger partial charge in [-0.3, -0.25) is 0 Å². The summed E-state index contributed by atoms with van der Waals surface area (Å²) in [5.41, 5.74) is 2.39. The highest BCUT2D eigenvalue weighted by atomic mass is 32.2. The molecular formula is C30H40N2O8S2. The van der Waals surface area contributed by atoms with Gasteiger partial charge in [0.05, 0.1) is 27.4 Å². The van der Waals surface area contributed by atoms with Crippen molar-refractivity contribution in [3.63, 3.8) is 0 Å². The van der Waals surface area contributed by atoms with Crippen molar-refractivity contribution in [2.24, 2.45) is 0 Å². The van der Waals surface area contributed by atoms with Crippen LogP contribution in [0.4, 0.5) is 0 Å². The number of benzene rings is 3. The fourth-order valence-electron chi connectivity index (χ4n) is 4.00. The molecule has 0 aliphatic carbocycles. The van der Waals surface area contributed by atoms with Crippen LogP contribution >= 0.6 is 0 Å². The van der Waals surface area contributed by atoms with E-state index in [9.17, 15) is 16.8 Å². The largest absolute Gasteiger partial charge is 0.495 e. The number of hydrogen-bond donors (Lipinski definition) is 2. The van der Waals surface area contributed by atoms with Crippen LogP contribution in [0, 0.1) is 0 Å². The summed E-state index contributed by atoms with van der Waals surface area (Å²) in [6.45, 7) is 4.88. The Labute approximate surface area is 249 Å². The topological polar surface area (TPSA) is 129 Å².